The van der Waals surface area contributed by atoms with Crippen molar-refractivity contribution in [3.8, 4) is 11.5 Å². The van der Waals surface area contributed by atoms with Crippen LogP contribution in [0.2, 0.25) is 0 Å². The fourth-order valence-corrected chi connectivity index (χ4v) is 5.55. The van der Waals surface area contributed by atoms with Crippen LogP contribution in [-0.4, -0.2) is 66.6 Å². The highest BCUT2D eigenvalue weighted by atomic mass is 16.7. The van der Waals surface area contributed by atoms with Crippen molar-refractivity contribution in [3.05, 3.63) is 129 Å². The summed E-state index contributed by atoms with van der Waals surface area (Å²) in [6, 6.07) is 25.7. The first kappa shape index (κ1) is 34.6. The van der Waals surface area contributed by atoms with Crippen molar-refractivity contribution in [1.82, 2.24) is 9.55 Å². The Morgan fingerprint density at radius 3 is 1.94 bits per heavy atom. The molecule has 1 aromatic heterocycles. The molecule has 0 unspecified atom stereocenters. The molecule has 12 nitrogen and oxygen atoms in total. The Morgan fingerprint density at radius 2 is 1.42 bits per heavy atom. The van der Waals surface area contributed by atoms with Gasteiger partial charge in [0.1, 0.15) is 35.4 Å². The summed E-state index contributed by atoms with van der Waals surface area (Å²) in [5.74, 6) is 0.804. The Kier molecular flexibility index (Phi) is 10.5. The third kappa shape index (κ3) is 7.21. The lowest BCUT2D eigenvalue weighted by Gasteiger charge is -2.37. The van der Waals surface area contributed by atoms with E-state index in [1.54, 1.807) is 35.0 Å². The highest BCUT2D eigenvalue weighted by molar-refractivity contribution is 5.75. The van der Waals surface area contributed by atoms with Gasteiger partial charge in [-0.05, 0) is 61.7 Å². The van der Waals surface area contributed by atoms with Crippen molar-refractivity contribution in [2.75, 3.05) is 27.6 Å². The van der Waals surface area contributed by atoms with Gasteiger partial charge in [0, 0.05) is 12.3 Å². The Balaban J connectivity index is 1.53. The number of nitrogens with zero attached hydrogens (tertiary/aromatic N) is 1. The average Bonchev–Trinajstić information content (AvgIpc) is 3.39. The minimum Gasteiger partial charge on any atom is -0.497 e. The van der Waals surface area contributed by atoms with Gasteiger partial charge in [-0.15, -0.1) is 0 Å². The number of aromatic amines is 1. The number of hydrogen-bond acceptors (Lipinski definition) is 10. The van der Waals surface area contributed by atoms with Gasteiger partial charge in [0.15, 0.2) is 13.0 Å². The molecule has 12 heteroatoms. The Hall–Kier alpha value is -4.75. The normalized spacial score (nSPS) is 19.5. The van der Waals surface area contributed by atoms with Gasteiger partial charge in [-0.3, -0.25) is 19.1 Å². The first-order valence-electron chi connectivity index (χ1n) is 15.4. The molecule has 4 aromatic rings. The summed E-state index contributed by atoms with van der Waals surface area (Å²) < 4.78 is 36.2. The van der Waals surface area contributed by atoms with Gasteiger partial charge >= 0.3 is 11.7 Å². The minimum absolute atomic E-state index is 0.176. The van der Waals surface area contributed by atoms with Gasteiger partial charge in [-0.25, -0.2) is 4.79 Å². The van der Waals surface area contributed by atoms with E-state index >= 15 is 0 Å². The van der Waals surface area contributed by atoms with E-state index in [0.717, 1.165) is 27.3 Å². The number of carbonyl (C=O) groups is 1. The number of carbonyl (C=O) groups excluding carboxylic acids is 1. The number of nitrogens with one attached hydrogen (secondary N) is 1. The van der Waals surface area contributed by atoms with E-state index in [0.29, 0.717) is 11.5 Å². The molecule has 2 N–H and O–H groups in total. The number of aliphatic hydroxyl groups excluding tert-OH is 1. The molecule has 1 aliphatic heterocycles. The van der Waals surface area contributed by atoms with Gasteiger partial charge in [0.2, 0.25) is 0 Å². The number of rotatable bonds is 12. The molecule has 5 rings (SSSR count). The molecule has 0 aliphatic carbocycles. The van der Waals surface area contributed by atoms with Crippen molar-refractivity contribution in [3.63, 3.8) is 0 Å². The maximum absolute atomic E-state index is 12.8. The fourth-order valence-electron chi connectivity index (χ4n) is 5.55. The van der Waals surface area contributed by atoms with Crippen LogP contribution in [0.1, 0.15) is 43.7 Å². The first-order chi connectivity index (χ1) is 23.0. The Labute approximate surface area is 277 Å². The van der Waals surface area contributed by atoms with Crippen LogP contribution in [0.15, 0.2) is 101 Å². The standard InChI is InChI=1S/C36H40N2O10/c1-35(2,3)33(41)46-22-45-31-30(40)28(48-32(31)38-20-19-29(39)37-34(38)42)21-47-36(23-9-7-6-8-10-23,24-11-15-26(43-4)16-12-24)25-13-17-27(44-5)18-14-25/h6-20,28,30-32,40H,21-22H2,1-5H3,(H,37,39,42)/t28-,30-,31-,32-/m1/s1. The average molecular weight is 661 g/mol. The van der Waals surface area contributed by atoms with Gasteiger partial charge in [-0.1, -0.05) is 54.6 Å². The van der Waals surface area contributed by atoms with Crippen LogP contribution in [0, 0.1) is 5.41 Å². The Bertz CT molecular complexity index is 1730. The van der Waals surface area contributed by atoms with E-state index in [2.05, 4.69) is 4.98 Å². The molecule has 254 valence electrons. The Morgan fingerprint density at radius 1 is 0.854 bits per heavy atom. The number of esters is 1. The predicted octanol–water partition coefficient (Wildman–Crippen LogP) is 3.75. The third-order valence-electron chi connectivity index (χ3n) is 8.14. The van der Waals surface area contributed by atoms with Gasteiger partial charge < -0.3 is 33.5 Å². The van der Waals surface area contributed by atoms with E-state index in [4.69, 9.17) is 28.4 Å². The SMILES string of the molecule is COc1ccc(C(OC[C@H]2O[C@@H](n3ccc(=O)[nH]c3=O)[C@H](OCOC(=O)C(C)(C)C)[C@@H]2O)(c2ccccc2)c2ccc(OC)cc2)cc1. The second-order valence-corrected chi connectivity index (χ2v) is 12.3. The molecule has 4 atom stereocenters. The molecule has 1 saturated heterocycles. The molecule has 0 saturated carbocycles. The lowest BCUT2D eigenvalue weighted by atomic mass is 9.80. The van der Waals surface area contributed by atoms with E-state index in [1.165, 1.54) is 6.20 Å². The number of ether oxygens (including phenoxy) is 6. The summed E-state index contributed by atoms with van der Waals surface area (Å²) in [4.78, 5) is 39.2. The van der Waals surface area contributed by atoms with Gasteiger partial charge in [0.25, 0.3) is 5.56 Å². The van der Waals surface area contributed by atoms with Crippen LogP contribution >= 0.6 is 0 Å². The van der Waals surface area contributed by atoms with Crippen molar-refractivity contribution >= 4 is 5.97 Å². The fraction of sp³-hybridized carbons (Fsp3) is 0.361. The molecule has 3 aromatic carbocycles. The van der Waals surface area contributed by atoms with Crippen LogP contribution < -0.4 is 20.7 Å². The van der Waals surface area contributed by atoms with Crippen LogP contribution in [0.3, 0.4) is 0 Å². The maximum Gasteiger partial charge on any atom is 0.330 e. The van der Waals surface area contributed by atoms with Crippen molar-refractivity contribution in [1.29, 1.82) is 0 Å². The van der Waals surface area contributed by atoms with Crippen LogP contribution in [0.25, 0.3) is 0 Å². The van der Waals surface area contributed by atoms with Crippen LogP contribution in [0.5, 0.6) is 11.5 Å². The molecule has 1 fully saturated rings. The summed E-state index contributed by atoms with van der Waals surface area (Å²) in [7, 11) is 3.18. The highest BCUT2D eigenvalue weighted by Crippen LogP contribution is 2.43. The molecule has 0 radical (unpaired) electrons. The zero-order valence-corrected chi connectivity index (χ0v) is 27.5. The monoisotopic (exact) mass is 660 g/mol. The van der Waals surface area contributed by atoms with E-state index in [9.17, 15) is 19.5 Å². The topological polar surface area (TPSA) is 148 Å². The van der Waals surface area contributed by atoms with Gasteiger partial charge in [-0.2, -0.15) is 0 Å². The number of benzene rings is 3. The van der Waals surface area contributed by atoms with Crippen molar-refractivity contribution in [2.24, 2.45) is 5.41 Å². The van der Waals surface area contributed by atoms with Crippen molar-refractivity contribution < 1.29 is 38.3 Å². The van der Waals surface area contributed by atoms with Crippen LogP contribution in [-0.2, 0) is 29.3 Å². The largest absolute Gasteiger partial charge is 0.497 e. The zero-order valence-electron chi connectivity index (χ0n) is 27.5. The number of aliphatic hydroxyl groups is 1. The second kappa shape index (κ2) is 14.6. The molecule has 2 heterocycles. The van der Waals surface area contributed by atoms with Crippen molar-refractivity contribution in [2.45, 2.75) is 50.9 Å². The maximum atomic E-state index is 12.8. The summed E-state index contributed by atoms with van der Waals surface area (Å²) in [5, 5.41) is 11.6. The minimum atomic E-state index is -1.35. The van der Waals surface area contributed by atoms with Crippen LogP contribution in [0.4, 0.5) is 0 Å². The summed E-state index contributed by atoms with van der Waals surface area (Å²) in [5.41, 5.74) is -1.04. The van der Waals surface area contributed by atoms with E-state index in [1.807, 2.05) is 78.9 Å². The third-order valence-corrected chi connectivity index (χ3v) is 8.14. The molecule has 48 heavy (non-hydrogen) atoms. The second-order valence-electron chi connectivity index (χ2n) is 12.3. The molecular formula is C36H40N2O10. The highest BCUT2D eigenvalue weighted by Gasteiger charge is 2.48. The quantitative estimate of drug-likeness (QED) is 0.131. The van der Waals surface area contributed by atoms with E-state index in [-0.39, 0.29) is 6.61 Å². The lowest BCUT2D eigenvalue weighted by Crippen LogP contribution is -2.41. The molecule has 0 spiro atoms. The summed E-state index contributed by atoms with van der Waals surface area (Å²) in [6.45, 7) is 4.41. The summed E-state index contributed by atoms with van der Waals surface area (Å²) in [6.07, 6.45) is -3.50. The zero-order chi connectivity index (χ0) is 34.5. The molecule has 0 amide bonds. The lowest BCUT2D eigenvalue weighted by molar-refractivity contribution is -0.179. The smallest absolute Gasteiger partial charge is 0.330 e. The number of H-pyrrole nitrogens is 1. The van der Waals surface area contributed by atoms with Gasteiger partial charge in [0.05, 0.1) is 26.2 Å². The number of methoxy groups -OCH3 is 2. The number of hydrogen-bond donors (Lipinski definition) is 2. The molecule has 1 aliphatic rings. The van der Waals surface area contributed by atoms with E-state index < -0.39 is 59.6 Å². The first-order valence-corrected chi connectivity index (χ1v) is 15.4. The predicted molar refractivity (Wildman–Crippen MR) is 175 cm³/mol. The molecular weight excluding hydrogens is 620 g/mol. The number of aromatic nitrogens is 2. The summed E-state index contributed by atoms with van der Waals surface area (Å²) >= 11 is 0. The molecule has 0 bridgehead atoms.